The van der Waals surface area contributed by atoms with Gasteiger partial charge in [0, 0.05) is 50.9 Å². The molecule has 7 nitrogen and oxygen atoms in total. The molecule has 0 aliphatic carbocycles. The van der Waals surface area contributed by atoms with E-state index in [4.69, 9.17) is 4.74 Å². The molecule has 0 spiro atoms. The molecule has 2 aliphatic rings. The first-order chi connectivity index (χ1) is 15.2. The normalized spacial score (nSPS) is 16.6. The minimum Gasteiger partial charge on any atom is -0.494 e. The van der Waals surface area contributed by atoms with Crippen molar-refractivity contribution in [1.82, 2.24) is 14.9 Å². The zero-order valence-corrected chi connectivity index (χ0v) is 18.5. The van der Waals surface area contributed by atoms with Gasteiger partial charge in [0.05, 0.1) is 6.61 Å². The molecule has 3 heterocycles. The van der Waals surface area contributed by atoms with E-state index in [1.807, 2.05) is 29.2 Å². The molecule has 2 saturated heterocycles. The molecule has 2 aromatic rings. The largest absolute Gasteiger partial charge is 0.494 e. The Hall–Kier alpha value is -2.83. The third-order valence-electron chi connectivity index (χ3n) is 6.08. The van der Waals surface area contributed by atoms with Gasteiger partial charge in [-0.15, -0.1) is 0 Å². The minimum atomic E-state index is 0.0811. The number of hydrogen-bond donors (Lipinski definition) is 0. The van der Waals surface area contributed by atoms with Crippen molar-refractivity contribution >= 4 is 17.5 Å². The Kier molecular flexibility index (Phi) is 7.22. The van der Waals surface area contributed by atoms with Crippen LogP contribution in [0.3, 0.4) is 0 Å². The quantitative estimate of drug-likeness (QED) is 0.605. The van der Waals surface area contributed by atoms with Gasteiger partial charge in [0.1, 0.15) is 23.7 Å². The van der Waals surface area contributed by atoms with E-state index in [2.05, 4.69) is 32.8 Å². The highest BCUT2D eigenvalue weighted by Crippen LogP contribution is 2.23. The van der Waals surface area contributed by atoms with Gasteiger partial charge in [-0.25, -0.2) is 9.97 Å². The van der Waals surface area contributed by atoms with E-state index in [0.29, 0.717) is 18.7 Å². The number of anilines is 2. The summed E-state index contributed by atoms with van der Waals surface area (Å²) in [5.74, 6) is 2.87. The molecular formula is C24H33N5O2. The lowest BCUT2D eigenvalue weighted by Gasteiger charge is -2.35. The van der Waals surface area contributed by atoms with E-state index < -0.39 is 0 Å². The van der Waals surface area contributed by atoms with Crippen LogP contribution in [0.15, 0.2) is 36.7 Å². The summed E-state index contributed by atoms with van der Waals surface area (Å²) in [7, 11) is 0. The van der Waals surface area contributed by atoms with Crippen molar-refractivity contribution in [3.05, 3.63) is 42.2 Å². The number of benzene rings is 1. The van der Waals surface area contributed by atoms with Crippen molar-refractivity contribution in [2.24, 2.45) is 0 Å². The Bertz CT molecular complexity index is 843. The number of aromatic nitrogens is 2. The summed E-state index contributed by atoms with van der Waals surface area (Å²) >= 11 is 0. The average Bonchev–Trinajstić information content (AvgIpc) is 3.37. The number of nitrogens with zero attached hydrogens (tertiary/aromatic N) is 5. The molecule has 0 unspecified atom stereocenters. The van der Waals surface area contributed by atoms with Gasteiger partial charge in [0.25, 0.3) is 5.91 Å². The zero-order chi connectivity index (χ0) is 21.5. The lowest BCUT2D eigenvalue weighted by molar-refractivity contribution is 0.0746. The second-order valence-electron chi connectivity index (χ2n) is 8.29. The molecule has 0 saturated carbocycles. The van der Waals surface area contributed by atoms with Crippen LogP contribution in [0.1, 0.15) is 49.4 Å². The summed E-state index contributed by atoms with van der Waals surface area (Å²) in [5.41, 5.74) is 0.715. The molecule has 1 amide bonds. The van der Waals surface area contributed by atoms with Crippen LogP contribution in [0.25, 0.3) is 0 Å². The van der Waals surface area contributed by atoms with Crippen LogP contribution in [0, 0.1) is 0 Å². The van der Waals surface area contributed by atoms with Crippen molar-refractivity contribution in [2.75, 3.05) is 55.7 Å². The number of ether oxygens (including phenoxy) is 1. The molecule has 4 rings (SSSR count). The van der Waals surface area contributed by atoms with E-state index in [1.54, 1.807) is 6.33 Å². The lowest BCUT2D eigenvalue weighted by Crippen LogP contribution is -2.49. The fraction of sp³-hybridized carbons (Fsp3) is 0.542. The van der Waals surface area contributed by atoms with E-state index in [1.165, 1.54) is 25.7 Å². The summed E-state index contributed by atoms with van der Waals surface area (Å²) in [6, 6.07) is 9.63. The fourth-order valence-electron chi connectivity index (χ4n) is 4.19. The van der Waals surface area contributed by atoms with Crippen LogP contribution < -0.4 is 14.5 Å². The molecule has 0 radical (unpaired) electrons. The first-order valence-electron chi connectivity index (χ1n) is 11.6. The maximum Gasteiger partial charge on any atom is 0.253 e. The smallest absolute Gasteiger partial charge is 0.253 e. The van der Waals surface area contributed by atoms with Gasteiger partial charge in [0.2, 0.25) is 0 Å². The van der Waals surface area contributed by atoms with Crippen LogP contribution in [-0.4, -0.2) is 66.7 Å². The maximum atomic E-state index is 12.9. The average molecular weight is 424 g/mol. The maximum absolute atomic E-state index is 12.9. The van der Waals surface area contributed by atoms with E-state index in [-0.39, 0.29) is 5.91 Å². The van der Waals surface area contributed by atoms with Crippen molar-refractivity contribution in [1.29, 1.82) is 0 Å². The van der Waals surface area contributed by atoms with Gasteiger partial charge in [-0.05, 0) is 43.5 Å². The van der Waals surface area contributed by atoms with Crippen LogP contribution in [0.5, 0.6) is 5.75 Å². The monoisotopic (exact) mass is 423 g/mol. The number of hydrogen-bond acceptors (Lipinski definition) is 6. The summed E-state index contributed by atoms with van der Waals surface area (Å²) in [6.45, 7) is 7.99. The molecular weight excluding hydrogens is 390 g/mol. The number of unbranched alkanes of at least 4 members (excludes halogenated alkanes) is 2. The predicted molar refractivity (Wildman–Crippen MR) is 123 cm³/mol. The van der Waals surface area contributed by atoms with Crippen LogP contribution in [0.2, 0.25) is 0 Å². The number of piperazine rings is 1. The van der Waals surface area contributed by atoms with Gasteiger partial charge in [-0.2, -0.15) is 0 Å². The highest BCUT2D eigenvalue weighted by Gasteiger charge is 2.24. The van der Waals surface area contributed by atoms with Crippen molar-refractivity contribution in [2.45, 2.75) is 39.0 Å². The molecule has 0 atom stereocenters. The van der Waals surface area contributed by atoms with E-state index >= 15 is 0 Å². The Labute approximate surface area is 185 Å². The molecule has 7 heteroatoms. The molecule has 1 aromatic carbocycles. The van der Waals surface area contributed by atoms with Gasteiger partial charge in [-0.3, -0.25) is 4.79 Å². The molecule has 2 aliphatic heterocycles. The van der Waals surface area contributed by atoms with Crippen LogP contribution in [-0.2, 0) is 0 Å². The van der Waals surface area contributed by atoms with E-state index in [9.17, 15) is 4.79 Å². The summed E-state index contributed by atoms with van der Waals surface area (Å²) in [6.07, 6.45) is 7.54. The van der Waals surface area contributed by atoms with Crippen molar-refractivity contribution in [3.63, 3.8) is 0 Å². The second kappa shape index (κ2) is 10.5. The molecule has 2 fully saturated rings. The molecule has 0 bridgehead atoms. The summed E-state index contributed by atoms with van der Waals surface area (Å²) in [4.78, 5) is 28.3. The SMILES string of the molecule is CCCCCOc1ccc(C(=O)N2CCN(c3cc(N4CCCC4)ncn3)CC2)cc1. The first kappa shape index (κ1) is 21.4. The second-order valence-corrected chi connectivity index (χ2v) is 8.29. The molecule has 31 heavy (non-hydrogen) atoms. The molecule has 0 N–H and O–H groups in total. The minimum absolute atomic E-state index is 0.0811. The highest BCUT2D eigenvalue weighted by atomic mass is 16.5. The zero-order valence-electron chi connectivity index (χ0n) is 18.5. The number of carbonyl (C=O) groups is 1. The molecule has 166 valence electrons. The third kappa shape index (κ3) is 5.46. The van der Waals surface area contributed by atoms with Crippen LogP contribution >= 0.6 is 0 Å². The fourth-order valence-corrected chi connectivity index (χ4v) is 4.19. The van der Waals surface area contributed by atoms with Gasteiger partial charge in [-0.1, -0.05) is 19.8 Å². The standard InChI is InChI=1S/C24H33N5O2/c1-2-3-6-17-31-21-9-7-20(8-10-21)24(30)29-15-13-28(14-16-29)23-18-22(25-19-26-23)27-11-4-5-12-27/h7-10,18-19H,2-6,11-17H2,1H3. The first-order valence-corrected chi connectivity index (χ1v) is 11.6. The molecule has 1 aromatic heterocycles. The Morgan fingerprint density at radius 2 is 1.55 bits per heavy atom. The van der Waals surface area contributed by atoms with Gasteiger partial charge >= 0.3 is 0 Å². The Morgan fingerprint density at radius 1 is 0.903 bits per heavy atom. The van der Waals surface area contributed by atoms with Gasteiger partial charge in [0.15, 0.2) is 0 Å². The predicted octanol–water partition coefficient (Wildman–Crippen LogP) is 3.61. The van der Waals surface area contributed by atoms with E-state index in [0.717, 1.165) is 56.6 Å². The topological polar surface area (TPSA) is 61.8 Å². The lowest BCUT2D eigenvalue weighted by atomic mass is 10.1. The van der Waals surface area contributed by atoms with Gasteiger partial charge < -0.3 is 19.4 Å². The number of carbonyl (C=O) groups excluding carboxylic acids is 1. The third-order valence-corrected chi connectivity index (χ3v) is 6.08. The number of amides is 1. The summed E-state index contributed by atoms with van der Waals surface area (Å²) in [5, 5.41) is 0. The highest BCUT2D eigenvalue weighted by molar-refractivity contribution is 5.94. The van der Waals surface area contributed by atoms with Crippen LogP contribution in [0.4, 0.5) is 11.6 Å². The van der Waals surface area contributed by atoms with Crippen molar-refractivity contribution in [3.8, 4) is 5.75 Å². The van der Waals surface area contributed by atoms with Crippen molar-refractivity contribution < 1.29 is 9.53 Å². The summed E-state index contributed by atoms with van der Waals surface area (Å²) < 4.78 is 5.75. The Balaban J connectivity index is 1.29. The Morgan fingerprint density at radius 3 is 2.19 bits per heavy atom. The number of rotatable bonds is 8.